The molecule has 3 rings (SSSR count). The van der Waals surface area contributed by atoms with Crippen molar-refractivity contribution >= 4 is 16.9 Å². The first-order valence-corrected chi connectivity index (χ1v) is 7.88. The number of carbonyl (C=O) groups excluding carboxylic acids is 1. The smallest absolute Gasteiger partial charge is 0.219 e. The number of fused-ring (bicyclic) bond motifs is 1. The van der Waals surface area contributed by atoms with Gasteiger partial charge in [0.2, 0.25) is 17.2 Å². The van der Waals surface area contributed by atoms with Crippen molar-refractivity contribution in [1.82, 2.24) is 10.1 Å². The quantitative estimate of drug-likeness (QED) is 0.867. The summed E-state index contributed by atoms with van der Waals surface area (Å²) < 4.78 is 16.2. The molecule has 1 aromatic carbocycles. The fourth-order valence-electron chi connectivity index (χ4n) is 3.24. The Kier molecular flexibility index (Phi) is 4.41. The zero-order chi connectivity index (χ0) is 16.4. The number of hydrogen-bond donors (Lipinski definition) is 0. The summed E-state index contributed by atoms with van der Waals surface area (Å²) in [6, 6.07) is 3.84. The van der Waals surface area contributed by atoms with E-state index in [0.29, 0.717) is 23.0 Å². The van der Waals surface area contributed by atoms with E-state index in [4.69, 9.17) is 14.0 Å². The number of methoxy groups -OCH3 is 2. The van der Waals surface area contributed by atoms with Crippen LogP contribution in [0.15, 0.2) is 16.7 Å². The molecule has 6 heteroatoms. The molecule has 0 spiro atoms. The number of hydrogen-bond acceptors (Lipinski definition) is 5. The molecule has 6 nitrogen and oxygen atoms in total. The number of likely N-dealkylation sites (tertiary alicyclic amines) is 1. The zero-order valence-electron chi connectivity index (χ0n) is 13.8. The van der Waals surface area contributed by atoms with Crippen LogP contribution < -0.4 is 9.47 Å². The standard InChI is InChI=1S/C17H22N2O4/c1-11(20)19-8-6-12(7-9-19)10-14-13-4-5-15(21-2)17(22-3)16(13)23-18-14/h4-5,12H,6-10H2,1-3H3. The van der Waals surface area contributed by atoms with Crippen LogP contribution >= 0.6 is 0 Å². The summed E-state index contributed by atoms with van der Waals surface area (Å²) in [5, 5.41) is 5.21. The molecule has 1 saturated heterocycles. The van der Waals surface area contributed by atoms with Crippen molar-refractivity contribution in [3.8, 4) is 11.5 Å². The van der Waals surface area contributed by atoms with Crippen molar-refractivity contribution in [2.75, 3.05) is 27.3 Å². The van der Waals surface area contributed by atoms with E-state index in [9.17, 15) is 4.79 Å². The monoisotopic (exact) mass is 318 g/mol. The second-order valence-corrected chi connectivity index (χ2v) is 5.96. The largest absolute Gasteiger partial charge is 0.493 e. The van der Waals surface area contributed by atoms with Gasteiger partial charge >= 0.3 is 0 Å². The first kappa shape index (κ1) is 15.6. The molecule has 2 aromatic rings. The number of nitrogens with zero attached hydrogens (tertiary/aromatic N) is 2. The summed E-state index contributed by atoms with van der Waals surface area (Å²) in [5.74, 6) is 1.90. The van der Waals surface area contributed by atoms with Crippen LogP contribution in [0.4, 0.5) is 0 Å². The van der Waals surface area contributed by atoms with Crippen LogP contribution in [0.2, 0.25) is 0 Å². The summed E-state index contributed by atoms with van der Waals surface area (Å²) >= 11 is 0. The lowest BCUT2D eigenvalue weighted by Gasteiger charge is -2.30. The van der Waals surface area contributed by atoms with E-state index in [2.05, 4.69) is 5.16 Å². The van der Waals surface area contributed by atoms with Gasteiger partial charge in [-0.05, 0) is 37.3 Å². The van der Waals surface area contributed by atoms with Crippen LogP contribution in [0.3, 0.4) is 0 Å². The molecule has 1 amide bonds. The summed E-state index contributed by atoms with van der Waals surface area (Å²) in [7, 11) is 3.20. The van der Waals surface area contributed by atoms with Gasteiger partial charge in [-0.3, -0.25) is 4.79 Å². The highest BCUT2D eigenvalue weighted by atomic mass is 16.5. The van der Waals surface area contributed by atoms with E-state index in [0.717, 1.165) is 43.4 Å². The summed E-state index contributed by atoms with van der Waals surface area (Å²) in [6.07, 6.45) is 2.86. The second-order valence-electron chi connectivity index (χ2n) is 5.96. The third kappa shape index (κ3) is 2.98. The predicted octanol–water partition coefficient (Wildman–Crippen LogP) is 2.65. The topological polar surface area (TPSA) is 64.8 Å². The van der Waals surface area contributed by atoms with Gasteiger partial charge < -0.3 is 18.9 Å². The maximum atomic E-state index is 11.4. The van der Waals surface area contributed by atoms with Gasteiger partial charge in [0, 0.05) is 25.4 Å². The second kappa shape index (κ2) is 6.48. The minimum absolute atomic E-state index is 0.159. The van der Waals surface area contributed by atoms with E-state index in [1.165, 1.54) is 0 Å². The van der Waals surface area contributed by atoms with Gasteiger partial charge in [-0.2, -0.15) is 0 Å². The maximum absolute atomic E-state index is 11.4. The molecule has 2 heterocycles. The molecular weight excluding hydrogens is 296 g/mol. The number of amides is 1. The van der Waals surface area contributed by atoms with E-state index in [-0.39, 0.29) is 5.91 Å². The van der Waals surface area contributed by atoms with E-state index < -0.39 is 0 Å². The molecule has 0 N–H and O–H groups in total. The fourth-order valence-corrected chi connectivity index (χ4v) is 3.24. The van der Waals surface area contributed by atoms with Crippen LogP contribution in [0.5, 0.6) is 11.5 Å². The fraction of sp³-hybridized carbons (Fsp3) is 0.529. The highest BCUT2D eigenvalue weighted by molar-refractivity contribution is 5.87. The number of aromatic nitrogens is 1. The Labute approximate surface area is 135 Å². The summed E-state index contributed by atoms with van der Waals surface area (Å²) in [4.78, 5) is 13.3. The SMILES string of the molecule is COc1ccc2c(CC3CCN(C(C)=O)CC3)noc2c1OC. The lowest BCUT2D eigenvalue weighted by molar-refractivity contribution is -0.130. The number of carbonyl (C=O) groups is 1. The predicted molar refractivity (Wildman–Crippen MR) is 85.8 cm³/mol. The average molecular weight is 318 g/mol. The van der Waals surface area contributed by atoms with Crippen LogP contribution in [-0.4, -0.2) is 43.3 Å². The molecule has 0 radical (unpaired) electrons. The van der Waals surface area contributed by atoms with Crippen molar-refractivity contribution in [1.29, 1.82) is 0 Å². The highest BCUT2D eigenvalue weighted by Gasteiger charge is 2.24. The average Bonchev–Trinajstić information content (AvgIpc) is 2.97. The van der Waals surface area contributed by atoms with Crippen LogP contribution in [0, 0.1) is 5.92 Å². The minimum atomic E-state index is 0.159. The Hall–Kier alpha value is -2.24. The molecule has 1 aliphatic heterocycles. The van der Waals surface area contributed by atoms with Crippen molar-refractivity contribution in [2.24, 2.45) is 5.92 Å². The molecule has 1 aliphatic rings. The van der Waals surface area contributed by atoms with Gasteiger partial charge in [0.05, 0.1) is 19.9 Å². The number of benzene rings is 1. The van der Waals surface area contributed by atoms with Crippen molar-refractivity contribution in [3.63, 3.8) is 0 Å². The summed E-state index contributed by atoms with van der Waals surface area (Å²) in [5.41, 5.74) is 1.57. The van der Waals surface area contributed by atoms with Gasteiger partial charge in [-0.25, -0.2) is 0 Å². The number of piperidine rings is 1. The van der Waals surface area contributed by atoms with Gasteiger partial charge in [0.1, 0.15) is 0 Å². The normalized spacial score (nSPS) is 15.9. The van der Waals surface area contributed by atoms with Gasteiger partial charge in [0.15, 0.2) is 5.75 Å². The molecule has 1 aromatic heterocycles. The minimum Gasteiger partial charge on any atom is -0.493 e. The first-order valence-electron chi connectivity index (χ1n) is 7.88. The van der Waals surface area contributed by atoms with Crippen molar-refractivity contribution in [2.45, 2.75) is 26.2 Å². The van der Waals surface area contributed by atoms with Gasteiger partial charge in [-0.1, -0.05) is 5.16 Å². The van der Waals surface area contributed by atoms with Crippen molar-refractivity contribution < 1.29 is 18.8 Å². The third-order valence-electron chi connectivity index (χ3n) is 4.60. The molecule has 0 aliphatic carbocycles. The molecule has 23 heavy (non-hydrogen) atoms. The first-order chi connectivity index (χ1) is 11.1. The summed E-state index contributed by atoms with van der Waals surface area (Å²) in [6.45, 7) is 3.28. The Morgan fingerprint density at radius 2 is 2.04 bits per heavy atom. The zero-order valence-corrected chi connectivity index (χ0v) is 13.8. The molecule has 0 saturated carbocycles. The third-order valence-corrected chi connectivity index (χ3v) is 4.60. The van der Waals surface area contributed by atoms with Crippen LogP contribution in [-0.2, 0) is 11.2 Å². The van der Waals surface area contributed by atoms with Gasteiger partial charge in [-0.15, -0.1) is 0 Å². The molecular formula is C17H22N2O4. The lowest BCUT2D eigenvalue weighted by Crippen LogP contribution is -2.37. The Morgan fingerprint density at radius 1 is 1.30 bits per heavy atom. The maximum Gasteiger partial charge on any atom is 0.219 e. The van der Waals surface area contributed by atoms with E-state index >= 15 is 0 Å². The lowest BCUT2D eigenvalue weighted by atomic mass is 9.91. The van der Waals surface area contributed by atoms with E-state index in [1.54, 1.807) is 21.1 Å². The number of rotatable bonds is 4. The molecule has 0 bridgehead atoms. The van der Waals surface area contributed by atoms with Crippen LogP contribution in [0.1, 0.15) is 25.5 Å². The molecule has 0 unspecified atom stereocenters. The Morgan fingerprint density at radius 3 is 2.65 bits per heavy atom. The van der Waals surface area contributed by atoms with Crippen molar-refractivity contribution in [3.05, 3.63) is 17.8 Å². The van der Waals surface area contributed by atoms with E-state index in [1.807, 2.05) is 17.0 Å². The highest BCUT2D eigenvalue weighted by Crippen LogP contribution is 2.37. The van der Waals surface area contributed by atoms with Gasteiger partial charge in [0.25, 0.3) is 0 Å². The van der Waals surface area contributed by atoms with Crippen LogP contribution in [0.25, 0.3) is 11.0 Å². The Bertz CT molecular complexity index is 702. The number of ether oxygens (including phenoxy) is 2. The molecule has 124 valence electrons. The molecule has 0 atom stereocenters. The molecule has 1 fully saturated rings. The Balaban J connectivity index is 1.78.